The second-order valence-corrected chi connectivity index (χ2v) is 4.95. The van der Waals surface area contributed by atoms with Crippen molar-refractivity contribution in [2.24, 2.45) is 0 Å². The van der Waals surface area contributed by atoms with Crippen molar-refractivity contribution in [1.82, 2.24) is 0 Å². The zero-order valence-electron chi connectivity index (χ0n) is 13.8. The van der Waals surface area contributed by atoms with Gasteiger partial charge in [-0.1, -0.05) is 36.4 Å². The van der Waals surface area contributed by atoms with E-state index in [9.17, 15) is 9.59 Å². The molecule has 132 valence electrons. The molecule has 0 amide bonds. The zero-order chi connectivity index (χ0) is 17.7. The minimum atomic E-state index is -0.521. The largest absolute Gasteiger partial charge is 0.493 e. The van der Waals surface area contributed by atoms with E-state index >= 15 is 0 Å². The van der Waals surface area contributed by atoms with E-state index in [4.69, 9.17) is 18.9 Å². The number of ether oxygens (including phenoxy) is 4. The highest BCUT2D eigenvalue weighted by atomic mass is 16.6. The van der Waals surface area contributed by atoms with Crippen molar-refractivity contribution in [2.75, 3.05) is 26.4 Å². The van der Waals surface area contributed by atoms with E-state index in [0.29, 0.717) is 11.5 Å². The van der Waals surface area contributed by atoms with E-state index in [0.717, 1.165) is 0 Å². The molecule has 0 fully saturated rings. The first-order chi connectivity index (χ1) is 12.2. The van der Waals surface area contributed by atoms with Gasteiger partial charge in [-0.15, -0.1) is 0 Å². The summed E-state index contributed by atoms with van der Waals surface area (Å²) >= 11 is 0. The van der Waals surface area contributed by atoms with E-state index in [1.165, 1.54) is 0 Å². The summed E-state index contributed by atoms with van der Waals surface area (Å²) in [5.74, 6) is 0.353. The van der Waals surface area contributed by atoms with Crippen LogP contribution in [0, 0.1) is 0 Å². The van der Waals surface area contributed by atoms with Gasteiger partial charge in [0.25, 0.3) is 0 Å². The summed E-state index contributed by atoms with van der Waals surface area (Å²) in [5.41, 5.74) is 0. The van der Waals surface area contributed by atoms with Crippen LogP contribution in [0.4, 0.5) is 0 Å². The summed E-state index contributed by atoms with van der Waals surface area (Å²) < 4.78 is 20.5. The molecule has 6 nitrogen and oxygen atoms in total. The molecule has 2 aromatic carbocycles. The highest BCUT2D eigenvalue weighted by Gasteiger charge is 2.06. The smallest absolute Gasteiger partial charge is 0.344 e. The lowest BCUT2D eigenvalue weighted by Gasteiger charge is -2.08. The van der Waals surface area contributed by atoms with Crippen molar-refractivity contribution >= 4 is 11.9 Å². The van der Waals surface area contributed by atoms with Crippen LogP contribution in [0.2, 0.25) is 0 Å². The summed E-state index contributed by atoms with van der Waals surface area (Å²) in [7, 11) is 0. The normalized spacial score (nSPS) is 9.92. The Morgan fingerprint density at radius 2 is 1.16 bits per heavy atom. The third-order valence-corrected chi connectivity index (χ3v) is 3.03. The van der Waals surface area contributed by atoms with Gasteiger partial charge in [0.1, 0.15) is 24.7 Å². The van der Waals surface area contributed by atoms with Crippen LogP contribution >= 0.6 is 0 Å². The molecule has 2 rings (SSSR count). The van der Waals surface area contributed by atoms with Gasteiger partial charge in [0.15, 0.2) is 6.61 Å². The van der Waals surface area contributed by atoms with Crippen molar-refractivity contribution in [3.05, 3.63) is 60.7 Å². The van der Waals surface area contributed by atoms with E-state index in [2.05, 4.69) is 0 Å². The summed E-state index contributed by atoms with van der Waals surface area (Å²) in [6, 6.07) is 18.2. The van der Waals surface area contributed by atoms with Gasteiger partial charge in [-0.05, 0) is 24.3 Å². The fourth-order valence-corrected chi connectivity index (χ4v) is 1.85. The van der Waals surface area contributed by atoms with Crippen molar-refractivity contribution in [2.45, 2.75) is 6.42 Å². The molecule has 0 aliphatic heterocycles. The minimum absolute atomic E-state index is 0.00124. The Morgan fingerprint density at radius 3 is 1.76 bits per heavy atom. The van der Waals surface area contributed by atoms with Gasteiger partial charge in [-0.2, -0.15) is 0 Å². The first kappa shape index (κ1) is 18.3. The maximum atomic E-state index is 11.5. The van der Waals surface area contributed by atoms with Crippen molar-refractivity contribution in [3.8, 4) is 11.5 Å². The maximum Gasteiger partial charge on any atom is 0.344 e. The Hall–Kier alpha value is -3.02. The number of carbonyl (C=O) groups is 2. The molecule has 0 aromatic heterocycles. The molecule has 0 unspecified atom stereocenters. The fraction of sp³-hybridized carbons (Fsp3) is 0.263. The Bertz CT molecular complexity index is 641. The zero-order valence-corrected chi connectivity index (χ0v) is 13.8. The number of rotatable bonds is 10. The molecule has 2 aromatic rings. The fourth-order valence-electron chi connectivity index (χ4n) is 1.85. The lowest BCUT2D eigenvalue weighted by Crippen LogP contribution is -2.19. The van der Waals surface area contributed by atoms with E-state index < -0.39 is 11.9 Å². The van der Waals surface area contributed by atoms with Gasteiger partial charge < -0.3 is 18.9 Å². The van der Waals surface area contributed by atoms with Crippen LogP contribution < -0.4 is 9.47 Å². The molecule has 0 atom stereocenters. The van der Waals surface area contributed by atoms with E-state index in [1.807, 2.05) is 48.5 Å². The SMILES string of the molecule is O=C(CCOc1ccccc1)OCCOC(=O)COc1ccccc1. The van der Waals surface area contributed by atoms with Crippen LogP contribution in [0.5, 0.6) is 11.5 Å². The Labute approximate surface area is 146 Å². The van der Waals surface area contributed by atoms with Crippen LogP contribution in [-0.4, -0.2) is 38.4 Å². The van der Waals surface area contributed by atoms with Crippen LogP contribution in [0.25, 0.3) is 0 Å². The lowest BCUT2D eigenvalue weighted by atomic mass is 10.3. The van der Waals surface area contributed by atoms with Crippen molar-refractivity contribution in [3.63, 3.8) is 0 Å². The van der Waals surface area contributed by atoms with Gasteiger partial charge in [0.2, 0.25) is 0 Å². The highest BCUT2D eigenvalue weighted by molar-refractivity contribution is 5.71. The van der Waals surface area contributed by atoms with Crippen LogP contribution in [0.3, 0.4) is 0 Å². The molecule has 0 radical (unpaired) electrons. The van der Waals surface area contributed by atoms with Crippen LogP contribution in [0.1, 0.15) is 6.42 Å². The van der Waals surface area contributed by atoms with E-state index in [-0.39, 0.29) is 32.8 Å². The monoisotopic (exact) mass is 344 g/mol. The third-order valence-electron chi connectivity index (χ3n) is 3.03. The summed E-state index contributed by atoms with van der Waals surface area (Å²) in [6.45, 7) is 0.0277. The molecular weight excluding hydrogens is 324 g/mol. The average molecular weight is 344 g/mol. The molecule has 0 aliphatic carbocycles. The van der Waals surface area contributed by atoms with Gasteiger partial charge in [-0.25, -0.2) is 4.79 Å². The highest BCUT2D eigenvalue weighted by Crippen LogP contribution is 2.09. The molecule has 0 bridgehead atoms. The molecule has 0 saturated carbocycles. The summed E-state index contributed by atoms with van der Waals surface area (Å²) in [5, 5.41) is 0. The van der Waals surface area contributed by atoms with Crippen molar-refractivity contribution in [1.29, 1.82) is 0 Å². The Kier molecular flexibility index (Phi) is 7.84. The molecule has 0 N–H and O–H groups in total. The molecule has 25 heavy (non-hydrogen) atoms. The van der Waals surface area contributed by atoms with Gasteiger partial charge in [0.05, 0.1) is 13.0 Å². The Morgan fingerprint density at radius 1 is 0.640 bits per heavy atom. The molecule has 0 heterocycles. The quantitative estimate of drug-likeness (QED) is 0.487. The summed E-state index contributed by atoms with van der Waals surface area (Å²) in [6.07, 6.45) is 0.125. The topological polar surface area (TPSA) is 71.1 Å². The average Bonchev–Trinajstić information content (AvgIpc) is 2.65. The standard InChI is InChI=1S/C19H20O6/c20-18(11-12-22-16-7-3-1-4-8-16)23-13-14-24-19(21)15-25-17-9-5-2-6-10-17/h1-10H,11-15H2. The summed E-state index contributed by atoms with van der Waals surface area (Å²) in [4.78, 5) is 23.0. The molecule has 0 spiro atoms. The first-order valence-electron chi connectivity index (χ1n) is 7.91. The number of carbonyl (C=O) groups excluding carboxylic acids is 2. The number of para-hydroxylation sites is 2. The van der Waals surface area contributed by atoms with Gasteiger partial charge >= 0.3 is 11.9 Å². The maximum absolute atomic E-state index is 11.5. The number of esters is 2. The number of benzene rings is 2. The second-order valence-electron chi connectivity index (χ2n) is 4.95. The molecular formula is C19H20O6. The van der Waals surface area contributed by atoms with Crippen LogP contribution in [-0.2, 0) is 19.1 Å². The van der Waals surface area contributed by atoms with Gasteiger partial charge in [-0.3, -0.25) is 4.79 Å². The number of hydrogen-bond donors (Lipinski definition) is 0. The first-order valence-corrected chi connectivity index (χ1v) is 7.91. The predicted octanol–water partition coefficient (Wildman–Crippen LogP) is 2.62. The third kappa shape index (κ3) is 7.87. The van der Waals surface area contributed by atoms with Gasteiger partial charge in [0, 0.05) is 0 Å². The van der Waals surface area contributed by atoms with Crippen LogP contribution in [0.15, 0.2) is 60.7 Å². The Balaban J connectivity index is 1.49. The molecule has 6 heteroatoms. The molecule has 0 aliphatic rings. The second kappa shape index (κ2) is 10.7. The minimum Gasteiger partial charge on any atom is -0.493 e. The van der Waals surface area contributed by atoms with Crippen molar-refractivity contribution < 1.29 is 28.5 Å². The lowest BCUT2D eigenvalue weighted by molar-refractivity contribution is -0.153. The van der Waals surface area contributed by atoms with E-state index in [1.54, 1.807) is 12.1 Å². The number of hydrogen-bond acceptors (Lipinski definition) is 6. The predicted molar refractivity (Wildman–Crippen MR) is 90.4 cm³/mol. The molecule has 0 saturated heterocycles.